The molecule has 4 N–H and O–H groups in total. The highest BCUT2D eigenvalue weighted by atomic mass is 32.2. The molecule has 1 atom stereocenters. The van der Waals surface area contributed by atoms with Gasteiger partial charge in [0.25, 0.3) is 0 Å². The van der Waals surface area contributed by atoms with Crippen molar-refractivity contribution in [2.45, 2.75) is 12.2 Å². The molecule has 0 saturated heterocycles. The third-order valence-corrected chi connectivity index (χ3v) is 4.04. The van der Waals surface area contributed by atoms with Gasteiger partial charge in [-0.25, -0.2) is 13.2 Å². The Balaban J connectivity index is 3.09. The number of nitrogens with two attached hydrogens (primary N) is 1. The number of nitrogen functional groups attached to an aromatic ring is 1. The molecular weight excluding hydrogens is 272 g/mol. The topological polar surface area (TPSA) is 127 Å². The van der Waals surface area contributed by atoms with E-state index in [2.05, 4.69) is 5.32 Å². The number of sulfone groups is 1. The van der Waals surface area contributed by atoms with Crippen LogP contribution in [0.5, 0.6) is 0 Å². The van der Waals surface area contributed by atoms with Crippen LogP contribution in [0.25, 0.3) is 0 Å². The fourth-order valence-corrected chi connectivity index (χ4v) is 1.73. The summed E-state index contributed by atoms with van der Waals surface area (Å²) in [5.74, 6) is -2.06. The Morgan fingerprint density at radius 3 is 2.42 bits per heavy atom. The summed E-state index contributed by atoms with van der Waals surface area (Å²) in [6, 6.07) is 3.87. The highest BCUT2D eigenvalue weighted by Gasteiger charge is 2.24. The van der Waals surface area contributed by atoms with Crippen molar-refractivity contribution in [1.82, 2.24) is 0 Å². The lowest BCUT2D eigenvalue weighted by atomic mass is 10.1. The number of aromatic carboxylic acids is 1. The molecule has 0 radical (unpaired) electrons. The molecule has 0 aromatic heterocycles. The van der Waals surface area contributed by atoms with Crippen molar-refractivity contribution in [2.75, 3.05) is 17.3 Å². The average molecular weight is 286 g/mol. The largest absolute Gasteiger partial charge is 0.478 e. The molecule has 1 amide bonds. The normalized spacial score (nSPS) is 12.7. The molecule has 0 aliphatic rings. The quantitative estimate of drug-likeness (QED) is 0.685. The molecule has 7 nitrogen and oxygen atoms in total. The summed E-state index contributed by atoms with van der Waals surface area (Å²) in [6.45, 7) is 1.22. The van der Waals surface area contributed by atoms with Crippen LogP contribution in [0.4, 0.5) is 11.4 Å². The fourth-order valence-electron chi connectivity index (χ4n) is 1.28. The molecule has 0 spiro atoms. The summed E-state index contributed by atoms with van der Waals surface area (Å²) in [6.07, 6.45) is 0.925. The van der Waals surface area contributed by atoms with E-state index in [1.54, 1.807) is 0 Å². The van der Waals surface area contributed by atoms with E-state index in [-0.39, 0.29) is 16.9 Å². The summed E-state index contributed by atoms with van der Waals surface area (Å²) in [5.41, 5.74) is 5.56. The van der Waals surface area contributed by atoms with Crippen molar-refractivity contribution in [2.24, 2.45) is 0 Å². The zero-order valence-electron chi connectivity index (χ0n) is 10.4. The maximum absolute atomic E-state index is 11.7. The molecule has 1 aromatic carbocycles. The first-order valence-electron chi connectivity index (χ1n) is 5.25. The van der Waals surface area contributed by atoms with Crippen LogP contribution in [0.15, 0.2) is 18.2 Å². The highest BCUT2D eigenvalue weighted by Crippen LogP contribution is 2.20. The predicted octanol–water partition coefficient (Wildman–Crippen LogP) is 0.339. The molecular formula is C11H14N2O5S. The Bertz CT molecular complexity index is 624. The lowest BCUT2D eigenvalue weighted by molar-refractivity contribution is -0.115. The first-order chi connectivity index (χ1) is 8.62. The number of carbonyl (C=O) groups excluding carboxylic acids is 1. The monoisotopic (exact) mass is 286 g/mol. The molecule has 8 heteroatoms. The van der Waals surface area contributed by atoms with Gasteiger partial charge < -0.3 is 16.2 Å². The van der Waals surface area contributed by atoms with Gasteiger partial charge in [0.1, 0.15) is 5.25 Å². The fraction of sp³-hybridized carbons (Fsp3) is 0.273. The summed E-state index contributed by atoms with van der Waals surface area (Å²) in [4.78, 5) is 22.7. The van der Waals surface area contributed by atoms with E-state index in [9.17, 15) is 18.0 Å². The third kappa shape index (κ3) is 3.68. The minimum absolute atomic E-state index is 0.0343. The second kappa shape index (κ2) is 5.27. The Morgan fingerprint density at radius 2 is 1.95 bits per heavy atom. The van der Waals surface area contributed by atoms with Crippen molar-refractivity contribution in [3.63, 3.8) is 0 Å². The average Bonchev–Trinajstić information content (AvgIpc) is 2.26. The van der Waals surface area contributed by atoms with Gasteiger partial charge in [0.2, 0.25) is 5.91 Å². The molecule has 104 valence electrons. The van der Waals surface area contributed by atoms with Gasteiger partial charge in [-0.3, -0.25) is 4.79 Å². The molecule has 1 aromatic rings. The Morgan fingerprint density at radius 1 is 1.37 bits per heavy atom. The Labute approximate surface area is 110 Å². The molecule has 19 heavy (non-hydrogen) atoms. The van der Waals surface area contributed by atoms with Crippen LogP contribution in [-0.4, -0.2) is 36.9 Å². The van der Waals surface area contributed by atoms with E-state index in [4.69, 9.17) is 10.8 Å². The molecule has 1 rings (SSSR count). The summed E-state index contributed by atoms with van der Waals surface area (Å²) in [5, 5.41) is 9.94. The maximum atomic E-state index is 11.7. The number of hydrogen-bond donors (Lipinski definition) is 3. The molecule has 0 saturated carbocycles. The number of carboxylic acid groups (broad SMARTS) is 1. The van der Waals surface area contributed by atoms with Crippen molar-refractivity contribution in [1.29, 1.82) is 0 Å². The van der Waals surface area contributed by atoms with Gasteiger partial charge in [0, 0.05) is 11.9 Å². The molecule has 0 aliphatic heterocycles. The van der Waals surface area contributed by atoms with Crippen LogP contribution in [0.2, 0.25) is 0 Å². The second-order valence-corrected chi connectivity index (χ2v) is 6.44. The van der Waals surface area contributed by atoms with E-state index in [1.807, 2.05) is 0 Å². The van der Waals surface area contributed by atoms with Gasteiger partial charge in [-0.2, -0.15) is 0 Å². The predicted molar refractivity (Wildman–Crippen MR) is 70.7 cm³/mol. The standard InChI is InChI=1S/C11H14N2O5S/c1-6(19(2,17)18)10(14)13-9-5-7(12)3-4-8(9)11(15)16/h3-6H,12H2,1-2H3,(H,13,14)(H,15,16). The van der Waals surface area contributed by atoms with Gasteiger partial charge >= 0.3 is 5.97 Å². The van der Waals surface area contributed by atoms with Crippen LogP contribution in [0.1, 0.15) is 17.3 Å². The molecule has 0 bridgehead atoms. The molecule has 0 fully saturated rings. The minimum atomic E-state index is -3.56. The van der Waals surface area contributed by atoms with E-state index in [0.29, 0.717) is 0 Å². The number of carbonyl (C=O) groups is 2. The van der Waals surface area contributed by atoms with Crippen LogP contribution < -0.4 is 11.1 Å². The van der Waals surface area contributed by atoms with Crippen molar-refractivity contribution in [3.05, 3.63) is 23.8 Å². The first kappa shape index (κ1) is 15.0. The van der Waals surface area contributed by atoms with Crippen LogP contribution in [0.3, 0.4) is 0 Å². The van der Waals surface area contributed by atoms with Crippen LogP contribution >= 0.6 is 0 Å². The molecule has 1 unspecified atom stereocenters. The van der Waals surface area contributed by atoms with Crippen LogP contribution in [-0.2, 0) is 14.6 Å². The number of rotatable bonds is 4. The van der Waals surface area contributed by atoms with Crippen molar-refractivity contribution >= 4 is 33.1 Å². The summed E-state index contributed by atoms with van der Waals surface area (Å²) in [7, 11) is -3.56. The van der Waals surface area contributed by atoms with Gasteiger partial charge in [-0.15, -0.1) is 0 Å². The lowest BCUT2D eigenvalue weighted by Gasteiger charge is -2.12. The SMILES string of the molecule is CC(C(=O)Nc1cc(N)ccc1C(=O)O)S(C)(=O)=O. The molecule has 0 heterocycles. The van der Waals surface area contributed by atoms with Gasteiger partial charge in [0.05, 0.1) is 11.3 Å². The lowest BCUT2D eigenvalue weighted by Crippen LogP contribution is -2.32. The third-order valence-electron chi connectivity index (χ3n) is 2.54. The van der Waals surface area contributed by atoms with Crippen molar-refractivity contribution in [3.8, 4) is 0 Å². The summed E-state index contributed by atoms with van der Waals surface area (Å²) < 4.78 is 22.5. The van der Waals surface area contributed by atoms with E-state index < -0.39 is 27.0 Å². The van der Waals surface area contributed by atoms with E-state index in [1.165, 1.54) is 25.1 Å². The number of anilines is 2. The number of nitrogens with one attached hydrogen (secondary N) is 1. The van der Waals surface area contributed by atoms with Gasteiger partial charge in [0.15, 0.2) is 9.84 Å². The number of benzene rings is 1. The zero-order valence-corrected chi connectivity index (χ0v) is 11.2. The number of carboxylic acids is 1. The minimum Gasteiger partial charge on any atom is -0.478 e. The first-order valence-corrected chi connectivity index (χ1v) is 7.21. The van der Waals surface area contributed by atoms with E-state index >= 15 is 0 Å². The number of amides is 1. The smallest absolute Gasteiger partial charge is 0.337 e. The van der Waals surface area contributed by atoms with Crippen molar-refractivity contribution < 1.29 is 23.1 Å². The van der Waals surface area contributed by atoms with E-state index in [0.717, 1.165) is 6.26 Å². The Hall–Kier alpha value is -2.09. The zero-order chi connectivity index (χ0) is 14.8. The second-order valence-electron chi connectivity index (χ2n) is 4.07. The van der Waals surface area contributed by atoms with Gasteiger partial charge in [-0.1, -0.05) is 0 Å². The van der Waals surface area contributed by atoms with Gasteiger partial charge in [-0.05, 0) is 25.1 Å². The summed E-state index contributed by atoms with van der Waals surface area (Å²) >= 11 is 0. The van der Waals surface area contributed by atoms with Crippen LogP contribution in [0, 0.1) is 0 Å². The number of hydrogen-bond acceptors (Lipinski definition) is 5. The highest BCUT2D eigenvalue weighted by molar-refractivity contribution is 7.92. The Kier molecular flexibility index (Phi) is 4.15. The maximum Gasteiger partial charge on any atom is 0.337 e. The molecule has 0 aliphatic carbocycles.